The van der Waals surface area contributed by atoms with Gasteiger partial charge in [0.1, 0.15) is 5.82 Å². The fourth-order valence-corrected chi connectivity index (χ4v) is 3.14. The number of halogens is 1. The van der Waals surface area contributed by atoms with E-state index in [-0.39, 0.29) is 11.1 Å². The van der Waals surface area contributed by atoms with Crippen molar-refractivity contribution in [1.82, 2.24) is 14.9 Å². The van der Waals surface area contributed by atoms with Crippen LogP contribution in [0.4, 0.5) is 20.8 Å². The number of allylic oxidation sites excluding steroid dienone is 1. The summed E-state index contributed by atoms with van der Waals surface area (Å²) in [7, 11) is 1.75. The van der Waals surface area contributed by atoms with Crippen LogP contribution in [0.1, 0.15) is 12.6 Å². The minimum Gasteiger partial charge on any atom is -0.324 e. The number of thioether (sulfide) groups is 1. The first-order valence-electron chi connectivity index (χ1n) is 7.01. The van der Waals surface area contributed by atoms with Crippen LogP contribution < -0.4 is 5.32 Å². The van der Waals surface area contributed by atoms with Gasteiger partial charge in [0.25, 0.3) is 5.24 Å². The molecule has 0 saturated carbocycles. The summed E-state index contributed by atoms with van der Waals surface area (Å²) in [5.41, 5.74) is 3.37. The lowest BCUT2D eigenvalue weighted by Crippen LogP contribution is -2.26. The lowest BCUT2D eigenvalue weighted by molar-refractivity contribution is 0.242. The summed E-state index contributed by atoms with van der Waals surface area (Å²) >= 11 is 1.25. The maximum Gasteiger partial charge on any atom is 0.285 e. The molecule has 2 heterocycles. The van der Waals surface area contributed by atoms with Crippen LogP contribution in [0.3, 0.4) is 0 Å². The number of benzene rings is 1. The first-order chi connectivity index (χ1) is 11.0. The second-order valence-electron chi connectivity index (χ2n) is 5.07. The van der Waals surface area contributed by atoms with Crippen molar-refractivity contribution in [2.75, 3.05) is 18.1 Å². The van der Waals surface area contributed by atoms with Gasteiger partial charge >= 0.3 is 0 Å². The number of carbonyl (C=O) groups is 1. The zero-order valence-electron chi connectivity index (χ0n) is 12.7. The standard InChI is InChI=1S/C16H15FN4OS/c1-10-13(9-23-16(22)21(10)2)14-7-8-18-15(20-14)19-12-5-3-11(17)4-6-12/h3-8H,9H2,1-2H3,(H,18,19,20). The monoisotopic (exact) mass is 330 g/mol. The van der Waals surface area contributed by atoms with Crippen LogP contribution in [0.25, 0.3) is 5.57 Å². The molecule has 0 aliphatic carbocycles. The number of anilines is 2. The van der Waals surface area contributed by atoms with Gasteiger partial charge in [0.2, 0.25) is 5.95 Å². The van der Waals surface area contributed by atoms with E-state index in [0.29, 0.717) is 17.4 Å². The third-order valence-electron chi connectivity index (χ3n) is 3.62. The van der Waals surface area contributed by atoms with Crippen molar-refractivity contribution in [2.24, 2.45) is 0 Å². The van der Waals surface area contributed by atoms with Crippen LogP contribution in [0, 0.1) is 5.82 Å². The number of amides is 1. The number of hydrogen-bond donors (Lipinski definition) is 1. The molecule has 1 aliphatic rings. The number of carbonyl (C=O) groups excluding carboxylic acids is 1. The molecule has 118 valence electrons. The third kappa shape index (κ3) is 3.34. The van der Waals surface area contributed by atoms with Gasteiger partial charge in [-0.15, -0.1) is 0 Å². The fourth-order valence-electron chi connectivity index (χ4n) is 2.18. The first kappa shape index (κ1) is 15.5. The SMILES string of the molecule is CC1=C(c2ccnc(Nc3ccc(F)cc3)n2)CSC(=O)N1C. The minimum atomic E-state index is -0.294. The van der Waals surface area contributed by atoms with Crippen LogP contribution >= 0.6 is 11.8 Å². The van der Waals surface area contributed by atoms with Gasteiger partial charge in [-0.05, 0) is 37.3 Å². The molecule has 0 bridgehead atoms. The van der Waals surface area contributed by atoms with Crippen LogP contribution in [0.15, 0.2) is 42.2 Å². The summed E-state index contributed by atoms with van der Waals surface area (Å²) in [4.78, 5) is 22.0. The number of rotatable bonds is 3. The van der Waals surface area contributed by atoms with Crippen molar-refractivity contribution >= 4 is 34.2 Å². The zero-order valence-corrected chi connectivity index (χ0v) is 13.5. The predicted octanol–water partition coefficient (Wildman–Crippen LogP) is 3.89. The van der Waals surface area contributed by atoms with Gasteiger partial charge in [-0.3, -0.25) is 4.79 Å². The predicted molar refractivity (Wildman–Crippen MR) is 89.9 cm³/mol. The molecule has 5 nitrogen and oxygen atoms in total. The van der Waals surface area contributed by atoms with Crippen LogP contribution in [-0.4, -0.2) is 32.9 Å². The molecule has 2 aromatic rings. The van der Waals surface area contributed by atoms with E-state index in [4.69, 9.17) is 0 Å². The van der Waals surface area contributed by atoms with Crippen molar-refractivity contribution in [2.45, 2.75) is 6.92 Å². The van der Waals surface area contributed by atoms with Crippen molar-refractivity contribution < 1.29 is 9.18 Å². The Hall–Kier alpha value is -2.41. The summed E-state index contributed by atoms with van der Waals surface area (Å²) in [6.45, 7) is 1.90. The van der Waals surface area contributed by atoms with Gasteiger partial charge in [0, 0.05) is 36.0 Å². The molecule has 23 heavy (non-hydrogen) atoms. The maximum atomic E-state index is 12.9. The Labute approximate surface area is 137 Å². The molecule has 3 rings (SSSR count). The molecule has 1 N–H and O–H groups in total. The van der Waals surface area contributed by atoms with E-state index in [2.05, 4.69) is 15.3 Å². The summed E-state index contributed by atoms with van der Waals surface area (Å²) in [5.74, 6) is 0.721. The number of aromatic nitrogens is 2. The maximum absolute atomic E-state index is 12.9. The largest absolute Gasteiger partial charge is 0.324 e. The zero-order chi connectivity index (χ0) is 16.4. The van der Waals surface area contributed by atoms with E-state index in [1.54, 1.807) is 30.3 Å². The summed E-state index contributed by atoms with van der Waals surface area (Å²) in [6.07, 6.45) is 1.66. The van der Waals surface area contributed by atoms with Gasteiger partial charge in [-0.1, -0.05) is 11.8 Å². The molecule has 0 spiro atoms. The molecule has 1 aliphatic heterocycles. The highest BCUT2D eigenvalue weighted by Gasteiger charge is 2.23. The molecular formula is C16H15FN4OS. The Kier molecular flexibility index (Phi) is 4.29. The van der Waals surface area contributed by atoms with E-state index >= 15 is 0 Å². The summed E-state index contributed by atoms with van der Waals surface area (Å²) < 4.78 is 12.9. The third-order valence-corrected chi connectivity index (χ3v) is 4.57. The first-order valence-corrected chi connectivity index (χ1v) is 7.99. The highest BCUT2D eigenvalue weighted by Crippen LogP contribution is 2.31. The van der Waals surface area contributed by atoms with Gasteiger partial charge in [-0.2, -0.15) is 0 Å². The Bertz CT molecular complexity index is 776. The Balaban J connectivity index is 1.88. The quantitative estimate of drug-likeness (QED) is 0.925. The van der Waals surface area contributed by atoms with E-state index in [0.717, 1.165) is 17.0 Å². The van der Waals surface area contributed by atoms with Crippen LogP contribution in [-0.2, 0) is 0 Å². The molecule has 0 saturated heterocycles. The second kappa shape index (κ2) is 6.37. The second-order valence-corrected chi connectivity index (χ2v) is 6.00. The molecule has 1 aromatic carbocycles. The lowest BCUT2D eigenvalue weighted by Gasteiger charge is -2.25. The Morgan fingerprint density at radius 3 is 2.74 bits per heavy atom. The summed E-state index contributed by atoms with van der Waals surface area (Å²) in [5, 5.41) is 3.08. The van der Waals surface area contributed by atoms with E-state index < -0.39 is 0 Å². The van der Waals surface area contributed by atoms with E-state index in [9.17, 15) is 9.18 Å². The van der Waals surface area contributed by atoms with Gasteiger partial charge < -0.3 is 10.2 Å². The Morgan fingerprint density at radius 1 is 1.26 bits per heavy atom. The topological polar surface area (TPSA) is 58.1 Å². The molecule has 0 atom stereocenters. The number of nitrogens with one attached hydrogen (secondary N) is 1. The molecule has 0 radical (unpaired) electrons. The molecule has 7 heteroatoms. The van der Waals surface area contributed by atoms with E-state index in [1.807, 2.05) is 13.0 Å². The van der Waals surface area contributed by atoms with Crippen molar-refractivity contribution in [3.05, 3.63) is 53.7 Å². The molecule has 1 amide bonds. The smallest absolute Gasteiger partial charge is 0.285 e. The average molecular weight is 330 g/mol. The van der Waals surface area contributed by atoms with Crippen molar-refractivity contribution in [1.29, 1.82) is 0 Å². The highest BCUT2D eigenvalue weighted by atomic mass is 32.2. The molecule has 0 unspecified atom stereocenters. The number of nitrogens with zero attached hydrogens (tertiary/aromatic N) is 3. The Morgan fingerprint density at radius 2 is 2.00 bits per heavy atom. The highest BCUT2D eigenvalue weighted by molar-refractivity contribution is 8.13. The van der Waals surface area contributed by atoms with Crippen LogP contribution in [0.5, 0.6) is 0 Å². The summed E-state index contributed by atoms with van der Waals surface area (Å²) in [6, 6.07) is 7.81. The van der Waals surface area contributed by atoms with Crippen LogP contribution in [0.2, 0.25) is 0 Å². The van der Waals surface area contributed by atoms with E-state index in [1.165, 1.54) is 23.9 Å². The lowest BCUT2D eigenvalue weighted by atomic mass is 10.1. The molecule has 0 fully saturated rings. The molecular weight excluding hydrogens is 315 g/mol. The molecule has 1 aromatic heterocycles. The normalized spacial score (nSPS) is 15.1. The van der Waals surface area contributed by atoms with Gasteiger partial charge in [-0.25, -0.2) is 14.4 Å². The van der Waals surface area contributed by atoms with Gasteiger partial charge in [0.15, 0.2) is 0 Å². The number of hydrogen-bond acceptors (Lipinski definition) is 5. The van der Waals surface area contributed by atoms with Gasteiger partial charge in [0.05, 0.1) is 5.69 Å². The van der Waals surface area contributed by atoms with Crippen molar-refractivity contribution in [3.63, 3.8) is 0 Å². The fraction of sp³-hybridized carbons (Fsp3) is 0.188. The van der Waals surface area contributed by atoms with Crippen molar-refractivity contribution in [3.8, 4) is 0 Å². The minimum absolute atomic E-state index is 0.0324. The average Bonchev–Trinajstić information content (AvgIpc) is 2.55.